The first-order chi connectivity index (χ1) is 9.62. The summed E-state index contributed by atoms with van der Waals surface area (Å²) in [4.78, 5) is 26.5. The van der Waals surface area contributed by atoms with Gasteiger partial charge in [-0.1, -0.05) is 18.2 Å². The summed E-state index contributed by atoms with van der Waals surface area (Å²) in [5, 5.41) is 9.59. The molecule has 2 bridgehead atoms. The number of ketones is 1. The van der Waals surface area contributed by atoms with E-state index in [4.69, 9.17) is 0 Å². The molecule has 0 unspecified atom stereocenters. The Hall–Kier alpha value is -2.15. The van der Waals surface area contributed by atoms with E-state index in [1.807, 2.05) is 24.3 Å². The highest BCUT2D eigenvalue weighted by atomic mass is 16.2. The first kappa shape index (κ1) is 11.7. The molecule has 100 valence electrons. The van der Waals surface area contributed by atoms with Crippen molar-refractivity contribution in [3.8, 4) is 6.07 Å². The monoisotopic (exact) mass is 266 g/mol. The lowest BCUT2D eigenvalue weighted by atomic mass is 9.63. The number of hydrogen-bond acceptors (Lipinski definition) is 3. The highest BCUT2D eigenvalue weighted by molar-refractivity contribution is 6.10. The molecule has 1 heterocycles. The number of fused-ring (bicyclic) bond motifs is 5. The topological polar surface area (TPSA) is 61.2 Å². The smallest absolute Gasteiger partial charge is 0.239 e. The number of carbonyl (C=O) groups is 2. The van der Waals surface area contributed by atoms with E-state index in [1.54, 1.807) is 11.9 Å². The zero-order chi connectivity index (χ0) is 14.1. The molecule has 0 aromatic heterocycles. The van der Waals surface area contributed by atoms with Gasteiger partial charge in [0.1, 0.15) is 5.78 Å². The van der Waals surface area contributed by atoms with Crippen LogP contribution in [0.4, 0.5) is 5.69 Å². The summed E-state index contributed by atoms with van der Waals surface area (Å²) in [7, 11) is 1.76. The van der Waals surface area contributed by atoms with Crippen molar-refractivity contribution in [2.24, 2.45) is 17.8 Å². The Morgan fingerprint density at radius 3 is 2.85 bits per heavy atom. The van der Waals surface area contributed by atoms with Crippen LogP contribution >= 0.6 is 0 Å². The number of rotatable bonds is 0. The lowest BCUT2D eigenvalue weighted by Crippen LogP contribution is -2.49. The fraction of sp³-hybridized carbons (Fsp3) is 0.438. The molecule has 3 aliphatic rings. The molecule has 4 atom stereocenters. The summed E-state index contributed by atoms with van der Waals surface area (Å²) in [5.41, 5.74) is 1.05. The predicted molar refractivity (Wildman–Crippen MR) is 71.9 cm³/mol. The van der Waals surface area contributed by atoms with Gasteiger partial charge < -0.3 is 4.90 Å². The largest absolute Gasteiger partial charge is 0.314 e. The van der Waals surface area contributed by atoms with Crippen LogP contribution in [0.3, 0.4) is 0 Å². The quantitative estimate of drug-likeness (QED) is 0.717. The van der Waals surface area contributed by atoms with E-state index in [9.17, 15) is 14.9 Å². The van der Waals surface area contributed by atoms with E-state index in [-0.39, 0.29) is 23.5 Å². The zero-order valence-corrected chi connectivity index (χ0v) is 11.2. The maximum atomic E-state index is 12.9. The summed E-state index contributed by atoms with van der Waals surface area (Å²) >= 11 is 0. The van der Waals surface area contributed by atoms with Crippen LogP contribution in [0.25, 0.3) is 0 Å². The first-order valence-corrected chi connectivity index (χ1v) is 6.92. The third-order valence-corrected chi connectivity index (χ3v) is 5.45. The molecule has 4 heteroatoms. The Morgan fingerprint density at radius 2 is 2.10 bits per heavy atom. The summed E-state index contributed by atoms with van der Waals surface area (Å²) in [5.74, 6) is -0.624. The predicted octanol–water partition coefficient (Wildman–Crippen LogP) is 1.65. The second-order valence-electron chi connectivity index (χ2n) is 6.07. The Bertz CT molecular complexity index is 690. The molecule has 1 spiro atoms. The van der Waals surface area contributed by atoms with E-state index in [1.165, 1.54) is 0 Å². The van der Waals surface area contributed by atoms with Crippen molar-refractivity contribution in [2.45, 2.75) is 18.3 Å². The molecule has 4 rings (SSSR count). The van der Waals surface area contributed by atoms with Crippen molar-refractivity contribution in [1.82, 2.24) is 0 Å². The van der Waals surface area contributed by atoms with Gasteiger partial charge in [0.25, 0.3) is 0 Å². The van der Waals surface area contributed by atoms with Crippen LogP contribution in [0.2, 0.25) is 0 Å². The van der Waals surface area contributed by atoms with Crippen LogP contribution in [-0.4, -0.2) is 18.7 Å². The number of benzene rings is 1. The van der Waals surface area contributed by atoms with Crippen LogP contribution < -0.4 is 4.90 Å². The van der Waals surface area contributed by atoms with E-state index < -0.39 is 11.3 Å². The maximum Gasteiger partial charge on any atom is 0.239 e. The minimum Gasteiger partial charge on any atom is -0.314 e. The van der Waals surface area contributed by atoms with Gasteiger partial charge in [0.15, 0.2) is 0 Å². The summed E-state index contributed by atoms with van der Waals surface area (Å²) in [6.07, 6.45) is 1.13. The van der Waals surface area contributed by atoms with Gasteiger partial charge in [-0.15, -0.1) is 0 Å². The number of hydrogen-bond donors (Lipinski definition) is 0. The molecule has 1 aromatic rings. The van der Waals surface area contributed by atoms with Gasteiger partial charge in [0, 0.05) is 25.1 Å². The number of para-hydroxylation sites is 1. The van der Waals surface area contributed by atoms with E-state index in [0.29, 0.717) is 12.8 Å². The molecule has 0 radical (unpaired) electrons. The normalized spacial score (nSPS) is 37.6. The second-order valence-corrected chi connectivity index (χ2v) is 6.07. The molecule has 20 heavy (non-hydrogen) atoms. The minimum absolute atomic E-state index is 0.00903. The molecule has 0 N–H and O–H groups in total. The minimum atomic E-state index is -0.779. The van der Waals surface area contributed by atoms with Crippen LogP contribution in [0, 0.1) is 29.1 Å². The highest BCUT2D eigenvalue weighted by Gasteiger charge is 2.69. The summed E-state index contributed by atoms with van der Waals surface area (Å²) in [6.45, 7) is 0. The van der Waals surface area contributed by atoms with Crippen LogP contribution in [-0.2, 0) is 15.0 Å². The van der Waals surface area contributed by atoms with Crippen molar-refractivity contribution < 1.29 is 9.59 Å². The van der Waals surface area contributed by atoms with Gasteiger partial charge >= 0.3 is 0 Å². The van der Waals surface area contributed by atoms with Crippen molar-refractivity contribution in [3.63, 3.8) is 0 Å². The van der Waals surface area contributed by atoms with E-state index >= 15 is 0 Å². The molecule has 1 aliphatic heterocycles. The Morgan fingerprint density at radius 1 is 1.35 bits per heavy atom. The Kier molecular flexibility index (Phi) is 2.03. The number of amides is 1. The average Bonchev–Trinajstić information content (AvgIpc) is 3.05. The third kappa shape index (κ3) is 1.01. The van der Waals surface area contributed by atoms with Gasteiger partial charge in [0.2, 0.25) is 5.91 Å². The number of Topliss-reactive ketones (excluding diaryl/α,β-unsaturated/α-hetero) is 1. The van der Waals surface area contributed by atoms with Gasteiger partial charge in [0.05, 0.1) is 17.4 Å². The van der Waals surface area contributed by atoms with Gasteiger partial charge in [-0.2, -0.15) is 5.26 Å². The second kappa shape index (κ2) is 3.49. The fourth-order valence-electron chi connectivity index (χ4n) is 4.66. The standard InChI is InChI=1S/C16H14N2O2/c1-18-13-5-3-2-4-11(13)16(15(18)20)9-6-10(12(16)8-17)14(19)7-9/h2-5,9-10,12H,6-7H2,1H3/t9-,10-,12+,16-/m0/s1. The SMILES string of the molecule is CN1C(=O)[C@]2(c3ccccc31)[C@@H]1CC(=O)[C@@H](C1)[C@H]2C#N. The first-order valence-electron chi connectivity index (χ1n) is 6.92. The Balaban J connectivity index is 2.00. The van der Waals surface area contributed by atoms with Crippen molar-refractivity contribution in [3.05, 3.63) is 29.8 Å². The molecule has 2 fully saturated rings. The van der Waals surface area contributed by atoms with Gasteiger partial charge in [-0.25, -0.2) is 0 Å². The number of nitrogens with zero attached hydrogens (tertiary/aromatic N) is 2. The maximum absolute atomic E-state index is 12.9. The van der Waals surface area contributed by atoms with Crippen LogP contribution in [0.5, 0.6) is 0 Å². The number of anilines is 1. The summed E-state index contributed by atoms with van der Waals surface area (Å²) in [6, 6.07) is 9.97. The molecule has 4 nitrogen and oxygen atoms in total. The van der Waals surface area contributed by atoms with Crippen molar-refractivity contribution in [1.29, 1.82) is 5.26 Å². The van der Waals surface area contributed by atoms with Crippen LogP contribution in [0.15, 0.2) is 24.3 Å². The Labute approximate surface area is 117 Å². The summed E-state index contributed by atoms with van der Waals surface area (Å²) < 4.78 is 0. The van der Waals surface area contributed by atoms with Gasteiger partial charge in [-0.05, 0) is 24.0 Å². The zero-order valence-electron chi connectivity index (χ0n) is 11.2. The van der Waals surface area contributed by atoms with Gasteiger partial charge in [-0.3, -0.25) is 9.59 Å². The lowest BCUT2D eigenvalue weighted by molar-refractivity contribution is -0.130. The third-order valence-electron chi connectivity index (χ3n) is 5.45. The van der Waals surface area contributed by atoms with E-state index in [2.05, 4.69) is 6.07 Å². The van der Waals surface area contributed by atoms with Crippen molar-refractivity contribution >= 4 is 17.4 Å². The molecular formula is C16H14N2O2. The molecule has 2 aliphatic carbocycles. The number of nitriles is 1. The number of carbonyl (C=O) groups excluding carboxylic acids is 2. The highest BCUT2D eigenvalue weighted by Crippen LogP contribution is 2.63. The molecule has 1 amide bonds. The molecule has 1 aromatic carbocycles. The van der Waals surface area contributed by atoms with E-state index in [0.717, 1.165) is 11.3 Å². The van der Waals surface area contributed by atoms with Crippen LogP contribution in [0.1, 0.15) is 18.4 Å². The molecular weight excluding hydrogens is 252 g/mol. The molecule has 0 saturated heterocycles. The molecule has 2 saturated carbocycles. The van der Waals surface area contributed by atoms with Crippen molar-refractivity contribution in [2.75, 3.05) is 11.9 Å². The number of likely N-dealkylation sites (N-methyl/N-ethyl adjacent to an activating group) is 1. The lowest BCUT2D eigenvalue weighted by Gasteiger charge is -2.35. The average molecular weight is 266 g/mol. The fourth-order valence-corrected chi connectivity index (χ4v) is 4.66.